The van der Waals surface area contributed by atoms with Gasteiger partial charge in [0.15, 0.2) is 0 Å². The van der Waals surface area contributed by atoms with Gasteiger partial charge in [0.1, 0.15) is 0 Å². The summed E-state index contributed by atoms with van der Waals surface area (Å²) in [6.45, 7) is 8.44. The first-order chi connectivity index (χ1) is 4.95. The van der Waals surface area contributed by atoms with Crippen molar-refractivity contribution < 1.29 is 5.21 Å². The molecular formula is C8H19NOSi. The standard InChI is InChI=1S/C8H19NOSi/c1-5-8(4,11)7(9-10)6(2)3/h6,10H,5H2,1-4,11H3. The third-order valence-corrected chi connectivity index (χ3v) is 3.45. The molecule has 3 heteroatoms. The molecule has 0 spiro atoms. The zero-order valence-electron chi connectivity index (χ0n) is 8.18. The normalized spacial score (nSPS) is 18.8. The van der Waals surface area contributed by atoms with Gasteiger partial charge >= 0.3 is 0 Å². The second kappa shape index (κ2) is 3.90. The van der Waals surface area contributed by atoms with Gasteiger partial charge in [-0.2, -0.15) is 0 Å². The number of hydrogen-bond donors (Lipinski definition) is 1. The van der Waals surface area contributed by atoms with Gasteiger partial charge in [0.2, 0.25) is 0 Å². The van der Waals surface area contributed by atoms with Gasteiger partial charge in [-0.3, -0.25) is 0 Å². The van der Waals surface area contributed by atoms with Crippen molar-refractivity contribution in [2.45, 2.75) is 39.2 Å². The summed E-state index contributed by atoms with van der Waals surface area (Å²) < 4.78 is 0. The zero-order chi connectivity index (χ0) is 9.07. The Morgan fingerprint density at radius 3 is 2.18 bits per heavy atom. The lowest BCUT2D eigenvalue weighted by atomic mass is 9.93. The smallest absolute Gasteiger partial charge is 0.0617 e. The summed E-state index contributed by atoms with van der Waals surface area (Å²) in [7, 11) is 1.05. The van der Waals surface area contributed by atoms with Crippen molar-refractivity contribution in [2.24, 2.45) is 11.1 Å². The predicted octanol–water partition coefficient (Wildman–Crippen LogP) is 1.43. The van der Waals surface area contributed by atoms with Crippen LogP contribution in [0.2, 0.25) is 5.04 Å². The number of hydrogen-bond acceptors (Lipinski definition) is 2. The largest absolute Gasteiger partial charge is 0.411 e. The second-order valence-corrected chi connectivity index (χ2v) is 6.08. The minimum atomic E-state index is 0.170. The maximum absolute atomic E-state index is 8.77. The summed E-state index contributed by atoms with van der Waals surface area (Å²) in [6.07, 6.45) is 1.07. The van der Waals surface area contributed by atoms with E-state index in [-0.39, 0.29) is 5.04 Å². The minimum absolute atomic E-state index is 0.170. The van der Waals surface area contributed by atoms with E-state index in [1.165, 1.54) is 0 Å². The fraction of sp³-hybridized carbons (Fsp3) is 0.875. The Hall–Kier alpha value is -0.313. The van der Waals surface area contributed by atoms with Gasteiger partial charge in [0, 0.05) is 10.2 Å². The van der Waals surface area contributed by atoms with E-state index in [1.807, 2.05) is 0 Å². The lowest BCUT2D eigenvalue weighted by Gasteiger charge is -2.26. The Morgan fingerprint density at radius 2 is 2.09 bits per heavy atom. The van der Waals surface area contributed by atoms with Crippen LogP contribution in [-0.4, -0.2) is 21.2 Å². The number of nitrogens with zero attached hydrogens (tertiary/aromatic N) is 1. The van der Waals surface area contributed by atoms with Gasteiger partial charge in [-0.1, -0.05) is 32.9 Å². The van der Waals surface area contributed by atoms with E-state index in [4.69, 9.17) is 5.21 Å². The summed E-state index contributed by atoms with van der Waals surface area (Å²) >= 11 is 0. The Labute approximate surface area is 72.1 Å². The predicted molar refractivity (Wildman–Crippen MR) is 52.7 cm³/mol. The molecule has 0 aliphatic carbocycles. The molecule has 2 nitrogen and oxygen atoms in total. The van der Waals surface area contributed by atoms with Crippen LogP contribution in [0.3, 0.4) is 0 Å². The first-order valence-electron chi connectivity index (χ1n) is 4.18. The lowest BCUT2D eigenvalue weighted by molar-refractivity contribution is 0.311. The van der Waals surface area contributed by atoms with Gasteiger partial charge in [-0.25, -0.2) is 0 Å². The molecule has 1 unspecified atom stereocenters. The van der Waals surface area contributed by atoms with E-state index in [2.05, 4.69) is 32.9 Å². The van der Waals surface area contributed by atoms with Gasteiger partial charge in [-0.05, 0) is 17.4 Å². The van der Waals surface area contributed by atoms with E-state index in [0.29, 0.717) is 5.92 Å². The fourth-order valence-electron chi connectivity index (χ4n) is 1.21. The summed E-state index contributed by atoms with van der Waals surface area (Å²) in [5.41, 5.74) is 0.951. The molecule has 0 rings (SSSR count). The van der Waals surface area contributed by atoms with Crippen molar-refractivity contribution in [1.82, 2.24) is 0 Å². The molecule has 0 aliphatic heterocycles. The maximum atomic E-state index is 8.77. The third-order valence-electron chi connectivity index (χ3n) is 2.23. The SMILES string of the molecule is CCC(C)([SiH3])C(=NO)C(C)C. The molecule has 0 aromatic heterocycles. The molecule has 0 fully saturated rings. The average Bonchev–Trinajstić information content (AvgIpc) is 1.88. The van der Waals surface area contributed by atoms with E-state index >= 15 is 0 Å². The molecule has 0 saturated carbocycles. The number of oxime groups is 1. The van der Waals surface area contributed by atoms with Gasteiger partial charge in [-0.15, -0.1) is 0 Å². The molecule has 0 aliphatic rings. The van der Waals surface area contributed by atoms with Crippen molar-refractivity contribution >= 4 is 16.0 Å². The Balaban J connectivity index is 4.52. The Morgan fingerprint density at radius 1 is 1.64 bits per heavy atom. The van der Waals surface area contributed by atoms with Crippen LogP contribution in [0.25, 0.3) is 0 Å². The summed E-state index contributed by atoms with van der Waals surface area (Å²) in [5, 5.41) is 12.3. The van der Waals surface area contributed by atoms with Crippen LogP contribution in [0.15, 0.2) is 5.16 Å². The van der Waals surface area contributed by atoms with Crippen LogP contribution < -0.4 is 0 Å². The van der Waals surface area contributed by atoms with Crippen molar-refractivity contribution in [3.05, 3.63) is 0 Å². The van der Waals surface area contributed by atoms with Gasteiger partial charge in [0.05, 0.1) is 5.71 Å². The highest BCUT2D eigenvalue weighted by Gasteiger charge is 2.25. The molecule has 0 aromatic carbocycles. The molecule has 0 aromatic rings. The fourth-order valence-corrected chi connectivity index (χ4v) is 1.89. The van der Waals surface area contributed by atoms with E-state index in [9.17, 15) is 0 Å². The molecular weight excluding hydrogens is 154 g/mol. The van der Waals surface area contributed by atoms with E-state index in [0.717, 1.165) is 22.4 Å². The van der Waals surface area contributed by atoms with Gasteiger partial charge < -0.3 is 5.21 Å². The summed E-state index contributed by atoms with van der Waals surface area (Å²) in [4.78, 5) is 0. The molecule has 0 amide bonds. The monoisotopic (exact) mass is 173 g/mol. The third kappa shape index (κ3) is 2.65. The van der Waals surface area contributed by atoms with Crippen molar-refractivity contribution in [2.75, 3.05) is 0 Å². The Kier molecular flexibility index (Phi) is 3.79. The van der Waals surface area contributed by atoms with Crippen molar-refractivity contribution in [3.63, 3.8) is 0 Å². The van der Waals surface area contributed by atoms with Crippen molar-refractivity contribution in [1.29, 1.82) is 0 Å². The van der Waals surface area contributed by atoms with Crippen LogP contribution in [0.5, 0.6) is 0 Å². The lowest BCUT2D eigenvalue weighted by Crippen LogP contribution is -2.25. The van der Waals surface area contributed by atoms with E-state index < -0.39 is 0 Å². The molecule has 1 atom stereocenters. The van der Waals surface area contributed by atoms with Crippen LogP contribution in [0.1, 0.15) is 34.1 Å². The molecule has 0 heterocycles. The van der Waals surface area contributed by atoms with Crippen LogP contribution in [0, 0.1) is 5.92 Å². The summed E-state index contributed by atoms with van der Waals surface area (Å²) in [6, 6.07) is 0. The highest BCUT2D eigenvalue weighted by atomic mass is 28.1. The van der Waals surface area contributed by atoms with Crippen LogP contribution in [0.4, 0.5) is 0 Å². The van der Waals surface area contributed by atoms with Crippen LogP contribution >= 0.6 is 0 Å². The zero-order valence-corrected chi connectivity index (χ0v) is 10.2. The maximum Gasteiger partial charge on any atom is 0.0617 e. The Bertz CT molecular complexity index is 152. The molecule has 66 valence electrons. The van der Waals surface area contributed by atoms with Crippen molar-refractivity contribution in [3.8, 4) is 0 Å². The van der Waals surface area contributed by atoms with Gasteiger partial charge in [0.25, 0.3) is 0 Å². The number of rotatable bonds is 3. The average molecular weight is 173 g/mol. The quantitative estimate of drug-likeness (QED) is 0.298. The topological polar surface area (TPSA) is 32.6 Å². The minimum Gasteiger partial charge on any atom is -0.411 e. The van der Waals surface area contributed by atoms with Crippen LogP contribution in [-0.2, 0) is 0 Å². The molecule has 0 saturated heterocycles. The molecule has 0 bridgehead atoms. The molecule has 1 N–H and O–H groups in total. The molecule has 0 radical (unpaired) electrons. The second-order valence-electron chi connectivity index (χ2n) is 3.88. The highest BCUT2D eigenvalue weighted by molar-refractivity contribution is 6.29. The van der Waals surface area contributed by atoms with E-state index in [1.54, 1.807) is 0 Å². The first kappa shape index (κ1) is 10.7. The first-order valence-corrected chi connectivity index (χ1v) is 5.18. The highest BCUT2D eigenvalue weighted by Crippen LogP contribution is 2.30. The molecule has 11 heavy (non-hydrogen) atoms. The summed E-state index contributed by atoms with van der Waals surface area (Å²) in [5.74, 6) is 0.363.